The highest BCUT2D eigenvalue weighted by Crippen LogP contribution is 2.19. The average molecular weight is 284 g/mol. The van der Waals surface area contributed by atoms with Crippen molar-refractivity contribution in [2.75, 3.05) is 0 Å². The van der Waals surface area contributed by atoms with Crippen molar-refractivity contribution >= 4 is 26.8 Å². The van der Waals surface area contributed by atoms with Crippen LogP contribution in [0.1, 0.15) is 0 Å². The Morgan fingerprint density at radius 1 is 1.38 bits per heavy atom. The van der Waals surface area contributed by atoms with E-state index in [1.807, 2.05) is 0 Å². The molecule has 0 atom stereocenters. The number of fused-ring (bicyclic) bond motifs is 1. The molecule has 0 radical (unpaired) electrons. The molecule has 0 aliphatic heterocycles. The maximum absolute atomic E-state index is 11.9. The van der Waals surface area contributed by atoms with Crippen molar-refractivity contribution < 1.29 is 0 Å². The van der Waals surface area contributed by atoms with Crippen molar-refractivity contribution in [1.82, 2.24) is 9.13 Å². The van der Waals surface area contributed by atoms with Gasteiger partial charge in [-0.05, 0) is 28.1 Å². The van der Waals surface area contributed by atoms with Crippen LogP contribution in [0, 0.1) is 0 Å². The number of rotatable bonds is 1. The molecule has 84 valence electrons. The van der Waals surface area contributed by atoms with Crippen molar-refractivity contribution in [3.63, 3.8) is 0 Å². The summed E-state index contributed by atoms with van der Waals surface area (Å²) >= 11 is 3.32. The van der Waals surface area contributed by atoms with Gasteiger partial charge >= 0.3 is 5.69 Å². The SMILES string of the molecule is Cn1c(=O)n(CN)c(=O)c2cccc(Br)c21. The van der Waals surface area contributed by atoms with Crippen molar-refractivity contribution in [1.29, 1.82) is 0 Å². The smallest absolute Gasteiger partial charge is 0.313 e. The van der Waals surface area contributed by atoms with Crippen molar-refractivity contribution in [2.45, 2.75) is 6.67 Å². The maximum Gasteiger partial charge on any atom is 0.332 e. The number of hydrogen-bond donors (Lipinski definition) is 1. The number of halogens is 1. The fourth-order valence-corrected chi connectivity index (χ4v) is 2.33. The van der Waals surface area contributed by atoms with Crippen LogP contribution in [0.5, 0.6) is 0 Å². The van der Waals surface area contributed by atoms with Crippen LogP contribution in [0.15, 0.2) is 32.3 Å². The molecule has 0 fully saturated rings. The molecule has 0 unspecified atom stereocenters. The van der Waals surface area contributed by atoms with E-state index in [0.29, 0.717) is 15.4 Å². The summed E-state index contributed by atoms with van der Waals surface area (Å²) < 4.78 is 3.13. The highest BCUT2D eigenvalue weighted by atomic mass is 79.9. The summed E-state index contributed by atoms with van der Waals surface area (Å²) in [5.41, 5.74) is 5.20. The topological polar surface area (TPSA) is 70.0 Å². The Balaban J connectivity index is 3.15. The van der Waals surface area contributed by atoms with Gasteiger partial charge in [-0.25, -0.2) is 9.36 Å². The van der Waals surface area contributed by atoms with Gasteiger partial charge in [0.05, 0.1) is 17.6 Å². The number of aryl methyl sites for hydroxylation is 1. The molecule has 0 saturated carbocycles. The van der Waals surface area contributed by atoms with Crippen LogP contribution in [-0.2, 0) is 13.7 Å². The Morgan fingerprint density at radius 3 is 2.69 bits per heavy atom. The molecule has 1 aromatic heterocycles. The number of nitrogens with zero attached hydrogens (tertiary/aromatic N) is 2. The summed E-state index contributed by atoms with van der Waals surface area (Å²) in [7, 11) is 1.61. The summed E-state index contributed by atoms with van der Waals surface area (Å²) in [5, 5.41) is 0.474. The monoisotopic (exact) mass is 283 g/mol. The third kappa shape index (κ3) is 1.42. The van der Waals surface area contributed by atoms with Gasteiger partial charge in [0.25, 0.3) is 5.56 Å². The molecule has 1 aromatic carbocycles. The van der Waals surface area contributed by atoms with Gasteiger partial charge in [-0.2, -0.15) is 0 Å². The molecular weight excluding hydrogens is 274 g/mol. The van der Waals surface area contributed by atoms with E-state index in [-0.39, 0.29) is 12.2 Å². The number of aromatic nitrogens is 2. The Labute approximate surface area is 99.2 Å². The minimum atomic E-state index is -0.410. The van der Waals surface area contributed by atoms with Gasteiger partial charge in [0, 0.05) is 11.5 Å². The molecule has 0 spiro atoms. The predicted molar refractivity (Wildman–Crippen MR) is 65.3 cm³/mol. The zero-order chi connectivity index (χ0) is 11.9. The first kappa shape index (κ1) is 11.1. The van der Waals surface area contributed by atoms with Gasteiger partial charge in [-0.1, -0.05) is 6.07 Å². The number of nitrogens with two attached hydrogens (primary N) is 1. The lowest BCUT2D eigenvalue weighted by atomic mass is 10.2. The summed E-state index contributed by atoms with van der Waals surface area (Å²) in [6.07, 6.45) is 0. The molecule has 0 saturated heterocycles. The van der Waals surface area contributed by atoms with Crippen LogP contribution in [-0.4, -0.2) is 9.13 Å². The van der Waals surface area contributed by atoms with E-state index >= 15 is 0 Å². The Kier molecular flexibility index (Phi) is 2.69. The summed E-state index contributed by atoms with van der Waals surface area (Å²) in [5.74, 6) is 0. The molecule has 0 amide bonds. The van der Waals surface area contributed by atoms with E-state index < -0.39 is 5.69 Å². The fraction of sp³-hybridized carbons (Fsp3) is 0.200. The minimum Gasteiger partial charge on any atom is -0.313 e. The number of hydrogen-bond acceptors (Lipinski definition) is 3. The second kappa shape index (κ2) is 3.88. The lowest BCUT2D eigenvalue weighted by molar-refractivity contribution is 0.623. The van der Waals surface area contributed by atoms with Crippen molar-refractivity contribution in [2.24, 2.45) is 12.8 Å². The molecule has 0 aliphatic carbocycles. The van der Waals surface area contributed by atoms with E-state index in [1.165, 1.54) is 4.57 Å². The quantitative estimate of drug-likeness (QED) is 0.823. The molecule has 2 rings (SSSR count). The third-order valence-corrected chi connectivity index (χ3v) is 3.14. The summed E-state index contributed by atoms with van der Waals surface area (Å²) in [6, 6.07) is 5.21. The van der Waals surface area contributed by atoms with Gasteiger partial charge in [-0.15, -0.1) is 0 Å². The van der Waals surface area contributed by atoms with Gasteiger partial charge in [-0.3, -0.25) is 9.36 Å². The predicted octanol–water partition coefficient (Wildman–Crippen LogP) is 0.379. The molecule has 2 N–H and O–H groups in total. The van der Waals surface area contributed by atoms with Crippen molar-refractivity contribution in [3.8, 4) is 0 Å². The minimum absolute atomic E-state index is 0.117. The maximum atomic E-state index is 11.9. The van der Waals surface area contributed by atoms with E-state index in [9.17, 15) is 9.59 Å². The zero-order valence-electron chi connectivity index (χ0n) is 8.61. The van der Waals surface area contributed by atoms with Crippen LogP contribution in [0.25, 0.3) is 10.9 Å². The largest absolute Gasteiger partial charge is 0.332 e. The van der Waals surface area contributed by atoms with E-state index in [2.05, 4.69) is 15.9 Å². The second-order valence-electron chi connectivity index (χ2n) is 3.39. The molecule has 2 aromatic rings. The molecular formula is C10H10BrN3O2. The number of benzene rings is 1. The van der Waals surface area contributed by atoms with Gasteiger partial charge in [0.2, 0.25) is 0 Å². The molecule has 0 aliphatic rings. The number of para-hydroxylation sites is 1. The molecule has 6 heteroatoms. The first-order valence-corrected chi connectivity index (χ1v) is 5.45. The average Bonchev–Trinajstić information content (AvgIpc) is 2.27. The van der Waals surface area contributed by atoms with Crippen molar-refractivity contribution in [3.05, 3.63) is 43.5 Å². The van der Waals surface area contributed by atoms with Crippen LogP contribution in [0.2, 0.25) is 0 Å². The first-order chi connectivity index (χ1) is 7.57. The standard InChI is InChI=1S/C10H10BrN3O2/c1-13-8-6(3-2-4-7(8)11)9(15)14(5-12)10(13)16/h2-4H,5,12H2,1H3. The normalized spacial score (nSPS) is 10.9. The fourth-order valence-electron chi connectivity index (χ4n) is 1.70. The van der Waals surface area contributed by atoms with Gasteiger partial charge < -0.3 is 5.73 Å². The lowest BCUT2D eigenvalue weighted by Gasteiger charge is -2.09. The second-order valence-corrected chi connectivity index (χ2v) is 4.25. The van der Waals surface area contributed by atoms with Crippen LogP contribution in [0.4, 0.5) is 0 Å². The molecule has 5 nitrogen and oxygen atoms in total. The lowest BCUT2D eigenvalue weighted by Crippen LogP contribution is -2.41. The first-order valence-electron chi connectivity index (χ1n) is 4.66. The summed E-state index contributed by atoms with van der Waals surface area (Å²) in [4.78, 5) is 23.7. The van der Waals surface area contributed by atoms with Gasteiger partial charge in [0.15, 0.2) is 0 Å². The highest BCUT2D eigenvalue weighted by Gasteiger charge is 2.11. The van der Waals surface area contributed by atoms with Crippen LogP contribution in [0.3, 0.4) is 0 Å². The molecule has 16 heavy (non-hydrogen) atoms. The Morgan fingerprint density at radius 2 is 2.06 bits per heavy atom. The van der Waals surface area contributed by atoms with Crippen LogP contribution < -0.4 is 17.0 Å². The zero-order valence-corrected chi connectivity index (χ0v) is 10.2. The van der Waals surface area contributed by atoms with Gasteiger partial charge in [0.1, 0.15) is 0 Å². The summed E-state index contributed by atoms with van der Waals surface area (Å²) in [6.45, 7) is -0.117. The molecule has 1 heterocycles. The molecule has 0 bridgehead atoms. The Bertz CT molecular complexity index is 672. The van der Waals surface area contributed by atoms with E-state index in [1.54, 1.807) is 25.2 Å². The highest BCUT2D eigenvalue weighted by molar-refractivity contribution is 9.10. The van der Waals surface area contributed by atoms with E-state index in [0.717, 1.165) is 4.57 Å². The Hall–Kier alpha value is -1.40. The van der Waals surface area contributed by atoms with Crippen LogP contribution >= 0.6 is 15.9 Å². The van der Waals surface area contributed by atoms with E-state index in [4.69, 9.17) is 5.73 Å². The third-order valence-electron chi connectivity index (χ3n) is 2.50.